The van der Waals surface area contributed by atoms with Gasteiger partial charge in [-0.2, -0.15) is 0 Å². The molecule has 0 aliphatic rings. The van der Waals surface area contributed by atoms with Gasteiger partial charge in [0.1, 0.15) is 11.9 Å². The van der Waals surface area contributed by atoms with Gasteiger partial charge in [0.05, 0.1) is 12.2 Å². The molecule has 0 saturated carbocycles. The van der Waals surface area contributed by atoms with Crippen LogP contribution < -0.4 is 5.32 Å². The fraction of sp³-hybridized carbons (Fsp3) is 0.250. The van der Waals surface area contributed by atoms with Crippen molar-refractivity contribution in [3.63, 3.8) is 0 Å². The van der Waals surface area contributed by atoms with Crippen molar-refractivity contribution in [3.8, 4) is 11.8 Å². The van der Waals surface area contributed by atoms with Crippen LogP contribution in [-0.2, 0) is 4.74 Å². The van der Waals surface area contributed by atoms with Crippen LogP contribution in [0.2, 0.25) is 0 Å². The van der Waals surface area contributed by atoms with Gasteiger partial charge in [0.15, 0.2) is 0 Å². The quantitative estimate of drug-likeness (QED) is 0.652. The van der Waals surface area contributed by atoms with E-state index in [0.29, 0.717) is 12.2 Å². The number of ether oxygens (including phenoxy) is 1. The standard InChI is InChI=1S/C20H20FNO2/c1-2-3-15-24-20(23)22-19(17-10-5-4-6-11-17)14-13-16-9-7-8-12-18(16)21/h4-12,19H,2-3,15H2,1H3,(H,22,23). The zero-order chi connectivity index (χ0) is 17.2. The van der Waals surface area contributed by atoms with Crippen molar-refractivity contribution in [3.05, 3.63) is 71.5 Å². The van der Waals surface area contributed by atoms with Gasteiger partial charge in [-0.25, -0.2) is 9.18 Å². The Bertz CT molecular complexity index is 719. The molecule has 24 heavy (non-hydrogen) atoms. The third-order valence-electron chi connectivity index (χ3n) is 3.35. The number of benzene rings is 2. The van der Waals surface area contributed by atoms with Gasteiger partial charge in [0, 0.05) is 0 Å². The number of hydrogen-bond donors (Lipinski definition) is 1. The first-order valence-corrected chi connectivity index (χ1v) is 7.95. The second-order valence-corrected chi connectivity index (χ2v) is 5.23. The number of nitrogens with one attached hydrogen (secondary N) is 1. The molecule has 2 aromatic carbocycles. The third kappa shape index (κ3) is 5.44. The van der Waals surface area contributed by atoms with Gasteiger partial charge in [-0.1, -0.05) is 67.6 Å². The van der Waals surface area contributed by atoms with Crippen molar-refractivity contribution in [2.24, 2.45) is 0 Å². The minimum atomic E-state index is -0.570. The smallest absolute Gasteiger partial charge is 0.408 e. The van der Waals surface area contributed by atoms with Crippen LogP contribution in [0.3, 0.4) is 0 Å². The fourth-order valence-corrected chi connectivity index (χ4v) is 2.03. The molecule has 0 aromatic heterocycles. The molecule has 0 bridgehead atoms. The van der Waals surface area contributed by atoms with Crippen LogP contribution in [0, 0.1) is 17.7 Å². The molecule has 2 aromatic rings. The number of alkyl carbamates (subject to hydrolysis) is 1. The molecule has 1 N–H and O–H groups in total. The lowest BCUT2D eigenvalue weighted by atomic mass is 10.1. The fourth-order valence-electron chi connectivity index (χ4n) is 2.03. The SMILES string of the molecule is CCCCOC(=O)NC(C#Cc1ccccc1F)c1ccccc1. The zero-order valence-corrected chi connectivity index (χ0v) is 13.6. The van der Waals surface area contributed by atoms with Gasteiger partial charge < -0.3 is 10.1 Å². The van der Waals surface area contributed by atoms with E-state index in [1.807, 2.05) is 37.3 Å². The van der Waals surface area contributed by atoms with Crippen molar-refractivity contribution in [1.82, 2.24) is 5.32 Å². The lowest BCUT2D eigenvalue weighted by molar-refractivity contribution is 0.142. The molecular weight excluding hydrogens is 305 g/mol. The van der Waals surface area contributed by atoms with Crippen LogP contribution in [-0.4, -0.2) is 12.7 Å². The summed E-state index contributed by atoms with van der Waals surface area (Å²) in [7, 11) is 0. The van der Waals surface area contributed by atoms with E-state index in [-0.39, 0.29) is 5.82 Å². The molecule has 0 saturated heterocycles. The molecule has 1 atom stereocenters. The third-order valence-corrected chi connectivity index (χ3v) is 3.35. The second-order valence-electron chi connectivity index (χ2n) is 5.23. The lowest BCUT2D eigenvalue weighted by Gasteiger charge is -2.13. The average Bonchev–Trinajstić information content (AvgIpc) is 2.61. The van der Waals surface area contributed by atoms with Crippen molar-refractivity contribution in [2.45, 2.75) is 25.8 Å². The van der Waals surface area contributed by atoms with E-state index in [2.05, 4.69) is 17.2 Å². The Balaban J connectivity index is 2.16. The number of carbonyl (C=O) groups is 1. The molecule has 0 aliphatic heterocycles. The number of rotatable bonds is 5. The number of amides is 1. The summed E-state index contributed by atoms with van der Waals surface area (Å²) in [6, 6.07) is 15.0. The lowest BCUT2D eigenvalue weighted by Crippen LogP contribution is -2.28. The van der Waals surface area contributed by atoms with Crippen LogP contribution in [0.15, 0.2) is 54.6 Å². The first kappa shape index (κ1) is 17.6. The number of hydrogen-bond acceptors (Lipinski definition) is 2. The summed E-state index contributed by atoms with van der Waals surface area (Å²) < 4.78 is 18.8. The first-order chi connectivity index (χ1) is 11.7. The minimum absolute atomic E-state index is 0.291. The van der Waals surface area contributed by atoms with E-state index in [9.17, 15) is 9.18 Å². The molecule has 1 amide bonds. The molecule has 4 heteroatoms. The molecule has 2 rings (SSSR count). The van der Waals surface area contributed by atoms with Gasteiger partial charge in [-0.3, -0.25) is 0 Å². The largest absolute Gasteiger partial charge is 0.450 e. The maximum atomic E-state index is 13.7. The monoisotopic (exact) mass is 325 g/mol. The summed E-state index contributed by atoms with van der Waals surface area (Å²) in [6.07, 6.45) is 1.23. The summed E-state index contributed by atoms with van der Waals surface area (Å²) in [4.78, 5) is 11.9. The summed E-state index contributed by atoms with van der Waals surface area (Å²) in [6.45, 7) is 2.39. The van der Waals surface area contributed by atoms with Crippen LogP contribution in [0.5, 0.6) is 0 Å². The van der Waals surface area contributed by atoms with Crippen molar-refractivity contribution in [1.29, 1.82) is 0 Å². The van der Waals surface area contributed by atoms with E-state index in [4.69, 9.17) is 4.74 Å². The Morgan fingerprint density at radius 2 is 1.88 bits per heavy atom. The highest BCUT2D eigenvalue weighted by Gasteiger charge is 2.12. The highest BCUT2D eigenvalue weighted by Crippen LogP contribution is 2.13. The second kappa shape index (κ2) is 9.36. The molecule has 0 fully saturated rings. The number of carbonyl (C=O) groups excluding carboxylic acids is 1. The maximum absolute atomic E-state index is 13.7. The Morgan fingerprint density at radius 3 is 2.58 bits per heavy atom. The van der Waals surface area contributed by atoms with Gasteiger partial charge in [-0.05, 0) is 24.1 Å². The Kier molecular flexibility index (Phi) is 6.85. The average molecular weight is 325 g/mol. The Morgan fingerprint density at radius 1 is 1.17 bits per heavy atom. The molecule has 3 nitrogen and oxygen atoms in total. The van der Waals surface area contributed by atoms with Gasteiger partial charge in [0.25, 0.3) is 0 Å². The maximum Gasteiger partial charge on any atom is 0.408 e. The molecule has 0 aliphatic carbocycles. The van der Waals surface area contributed by atoms with Crippen LogP contribution in [0.1, 0.15) is 36.9 Å². The van der Waals surface area contributed by atoms with E-state index < -0.39 is 12.1 Å². The highest BCUT2D eigenvalue weighted by molar-refractivity contribution is 5.68. The van der Waals surface area contributed by atoms with E-state index in [0.717, 1.165) is 18.4 Å². The van der Waals surface area contributed by atoms with E-state index in [1.54, 1.807) is 18.2 Å². The normalized spacial score (nSPS) is 11.1. The number of halogens is 1. The zero-order valence-electron chi connectivity index (χ0n) is 13.6. The van der Waals surface area contributed by atoms with Gasteiger partial charge in [-0.15, -0.1) is 0 Å². The van der Waals surface area contributed by atoms with Crippen LogP contribution in [0.4, 0.5) is 9.18 Å². The predicted octanol–water partition coefficient (Wildman–Crippen LogP) is 4.44. The first-order valence-electron chi connectivity index (χ1n) is 7.95. The summed E-state index contributed by atoms with van der Waals surface area (Å²) in [5.41, 5.74) is 1.10. The Hall–Kier alpha value is -2.80. The molecule has 0 spiro atoms. The van der Waals surface area contributed by atoms with Crippen molar-refractivity contribution >= 4 is 6.09 Å². The molecule has 0 radical (unpaired) electrons. The van der Waals surface area contributed by atoms with Crippen LogP contribution >= 0.6 is 0 Å². The molecular formula is C20H20FNO2. The summed E-state index contributed by atoms with van der Waals surface area (Å²) >= 11 is 0. The van der Waals surface area contributed by atoms with Gasteiger partial charge >= 0.3 is 6.09 Å². The topological polar surface area (TPSA) is 38.3 Å². The van der Waals surface area contributed by atoms with Crippen molar-refractivity contribution < 1.29 is 13.9 Å². The minimum Gasteiger partial charge on any atom is -0.450 e. The Labute approximate surface area is 141 Å². The number of unbranched alkanes of at least 4 members (excludes halogenated alkanes) is 1. The predicted molar refractivity (Wildman–Crippen MR) is 91.9 cm³/mol. The highest BCUT2D eigenvalue weighted by atomic mass is 19.1. The van der Waals surface area contributed by atoms with E-state index in [1.165, 1.54) is 6.07 Å². The van der Waals surface area contributed by atoms with E-state index >= 15 is 0 Å². The van der Waals surface area contributed by atoms with Crippen molar-refractivity contribution in [2.75, 3.05) is 6.61 Å². The summed E-state index contributed by atoms with van der Waals surface area (Å²) in [5, 5.41) is 2.72. The summed E-state index contributed by atoms with van der Waals surface area (Å²) in [5.74, 6) is 5.31. The molecule has 1 unspecified atom stereocenters. The molecule has 124 valence electrons. The van der Waals surface area contributed by atoms with Crippen LogP contribution in [0.25, 0.3) is 0 Å². The van der Waals surface area contributed by atoms with Gasteiger partial charge in [0.2, 0.25) is 0 Å². The molecule has 0 heterocycles.